The van der Waals surface area contributed by atoms with Gasteiger partial charge in [-0.05, 0) is 28.5 Å². The monoisotopic (exact) mass is 336 g/mol. The van der Waals surface area contributed by atoms with E-state index in [1.807, 2.05) is 30.3 Å². The normalized spacial score (nSPS) is 11.9. The Morgan fingerprint density at radius 3 is 2.32 bits per heavy atom. The number of carbonyl (C=O) groups excluding carboxylic acids is 2. The maximum atomic E-state index is 12.4. The Bertz CT molecular complexity index is 969. The third kappa shape index (κ3) is 3.28. The van der Waals surface area contributed by atoms with E-state index in [-0.39, 0.29) is 11.5 Å². The number of nitrogens with one attached hydrogen (secondary N) is 2. The van der Waals surface area contributed by atoms with E-state index in [4.69, 9.17) is 0 Å². The Balaban J connectivity index is 1.94. The second-order valence-corrected chi connectivity index (χ2v) is 5.65. The summed E-state index contributed by atoms with van der Waals surface area (Å²) in [6, 6.07) is 14.4. The number of aromatic amines is 1. The van der Waals surface area contributed by atoms with E-state index in [1.54, 1.807) is 12.1 Å². The molecule has 0 aliphatic heterocycles. The molecule has 3 rings (SSSR count). The van der Waals surface area contributed by atoms with Crippen molar-refractivity contribution in [2.24, 2.45) is 0 Å². The van der Waals surface area contributed by atoms with Gasteiger partial charge in [-0.2, -0.15) is 0 Å². The number of amides is 1. The fourth-order valence-corrected chi connectivity index (χ4v) is 2.72. The lowest BCUT2D eigenvalue weighted by Gasteiger charge is -2.16. The molecule has 0 saturated carbocycles. The molecule has 0 saturated heterocycles. The minimum atomic E-state index is -1.21. The van der Waals surface area contributed by atoms with Crippen LogP contribution in [0.3, 0.4) is 0 Å². The van der Waals surface area contributed by atoms with Crippen molar-refractivity contribution in [1.82, 2.24) is 10.3 Å². The van der Waals surface area contributed by atoms with Crippen molar-refractivity contribution < 1.29 is 19.5 Å². The molecule has 1 heterocycles. The van der Waals surface area contributed by atoms with E-state index in [0.717, 1.165) is 10.8 Å². The molecule has 126 valence electrons. The van der Waals surface area contributed by atoms with Crippen LogP contribution in [0, 0.1) is 0 Å². The summed E-state index contributed by atoms with van der Waals surface area (Å²) in [6.07, 6.45) is 0. The SMILES string of the molecule is CC(=O)c1ccc(C(=O)NC(C(=O)O)c2cccc3ccccc23)[nH]1. The molecule has 1 unspecified atom stereocenters. The zero-order valence-electron chi connectivity index (χ0n) is 13.4. The number of benzene rings is 2. The van der Waals surface area contributed by atoms with Crippen molar-refractivity contribution in [2.75, 3.05) is 0 Å². The van der Waals surface area contributed by atoms with Gasteiger partial charge in [0.1, 0.15) is 5.69 Å². The van der Waals surface area contributed by atoms with Crippen LogP contribution in [0.15, 0.2) is 54.6 Å². The van der Waals surface area contributed by atoms with Gasteiger partial charge in [0, 0.05) is 6.92 Å². The summed E-state index contributed by atoms with van der Waals surface area (Å²) in [4.78, 5) is 38.1. The number of H-pyrrole nitrogens is 1. The molecule has 6 nitrogen and oxygen atoms in total. The van der Waals surface area contributed by atoms with Crippen LogP contribution >= 0.6 is 0 Å². The van der Waals surface area contributed by atoms with Crippen LogP contribution in [0.25, 0.3) is 10.8 Å². The Labute approximate surface area is 143 Å². The van der Waals surface area contributed by atoms with Gasteiger partial charge in [-0.3, -0.25) is 9.59 Å². The molecule has 3 aromatic rings. The Morgan fingerprint density at radius 1 is 0.960 bits per heavy atom. The molecule has 25 heavy (non-hydrogen) atoms. The fourth-order valence-electron chi connectivity index (χ4n) is 2.72. The first kappa shape index (κ1) is 16.4. The zero-order chi connectivity index (χ0) is 18.0. The lowest BCUT2D eigenvalue weighted by Crippen LogP contribution is -2.34. The number of carbonyl (C=O) groups is 3. The maximum Gasteiger partial charge on any atom is 0.330 e. The van der Waals surface area contributed by atoms with Crippen molar-refractivity contribution in [3.8, 4) is 0 Å². The lowest BCUT2D eigenvalue weighted by molar-refractivity contribution is -0.139. The van der Waals surface area contributed by atoms with Crippen LogP contribution in [-0.2, 0) is 4.79 Å². The molecular weight excluding hydrogens is 320 g/mol. The van der Waals surface area contributed by atoms with Gasteiger partial charge < -0.3 is 15.4 Å². The van der Waals surface area contributed by atoms with Crippen molar-refractivity contribution >= 4 is 28.4 Å². The minimum absolute atomic E-state index is 0.136. The molecular formula is C19H16N2O4. The van der Waals surface area contributed by atoms with Crippen LogP contribution < -0.4 is 5.32 Å². The highest BCUT2D eigenvalue weighted by Crippen LogP contribution is 2.25. The molecule has 0 spiro atoms. The molecule has 1 amide bonds. The molecule has 0 aliphatic carbocycles. The first-order valence-electron chi connectivity index (χ1n) is 7.68. The highest BCUT2D eigenvalue weighted by atomic mass is 16.4. The molecule has 0 radical (unpaired) electrons. The van der Waals surface area contributed by atoms with E-state index >= 15 is 0 Å². The molecule has 1 atom stereocenters. The largest absolute Gasteiger partial charge is 0.479 e. The van der Waals surface area contributed by atoms with Crippen LogP contribution in [0.2, 0.25) is 0 Å². The highest BCUT2D eigenvalue weighted by molar-refractivity contribution is 5.99. The summed E-state index contributed by atoms with van der Waals surface area (Å²) >= 11 is 0. The van der Waals surface area contributed by atoms with Crippen LogP contribution in [0.4, 0.5) is 0 Å². The topological polar surface area (TPSA) is 99.3 Å². The Morgan fingerprint density at radius 2 is 1.64 bits per heavy atom. The van der Waals surface area contributed by atoms with Gasteiger partial charge in [0.25, 0.3) is 5.91 Å². The summed E-state index contributed by atoms with van der Waals surface area (Å²) in [6.45, 7) is 1.38. The number of rotatable bonds is 5. The van der Waals surface area contributed by atoms with E-state index in [9.17, 15) is 19.5 Å². The van der Waals surface area contributed by atoms with E-state index in [1.165, 1.54) is 19.1 Å². The van der Waals surface area contributed by atoms with Gasteiger partial charge in [0.05, 0.1) is 5.69 Å². The van der Waals surface area contributed by atoms with Crippen molar-refractivity contribution in [2.45, 2.75) is 13.0 Å². The zero-order valence-corrected chi connectivity index (χ0v) is 13.4. The van der Waals surface area contributed by atoms with Crippen molar-refractivity contribution in [1.29, 1.82) is 0 Å². The van der Waals surface area contributed by atoms with E-state index in [2.05, 4.69) is 10.3 Å². The number of carboxylic acids is 1. The number of ketones is 1. The number of aliphatic carboxylic acids is 1. The summed E-state index contributed by atoms with van der Waals surface area (Å²) in [5, 5.41) is 13.8. The van der Waals surface area contributed by atoms with Gasteiger partial charge >= 0.3 is 5.97 Å². The van der Waals surface area contributed by atoms with Gasteiger partial charge in [0.2, 0.25) is 0 Å². The van der Waals surface area contributed by atoms with Crippen LogP contribution in [-0.4, -0.2) is 27.8 Å². The highest BCUT2D eigenvalue weighted by Gasteiger charge is 2.25. The molecule has 6 heteroatoms. The number of aromatic nitrogens is 1. The Hall–Kier alpha value is -3.41. The lowest BCUT2D eigenvalue weighted by atomic mass is 9.98. The number of fused-ring (bicyclic) bond motifs is 1. The summed E-state index contributed by atoms with van der Waals surface area (Å²) in [5.74, 6) is -1.96. The standard InChI is InChI=1S/C19H16N2O4/c1-11(22)15-9-10-16(20-15)18(23)21-17(19(24)25)14-8-4-6-12-5-2-3-7-13(12)14/h2-10,17,20H,1H3,(H,21,23)(H,24,25). The van der Waals surface area contributed by atoms with Crippen molar-refractivity contribution in [3.63, 3.8) is 0 Å². The third-order valence-electron chi connectivity index (χ3n) is 3.97. The average molecular weight is 336 g/mol. The van der Waals surface area contributed by atoms with Gasteiger partial charge in [0.15, 0.2) is 11.8 Å². The minimum Gasteiger partial charge on any atom is -0.479 e. The summed E-state index contributed by atoms with van der Waals surface area (Å²) < 4.78 is 0. The van der Waals surface area contributed by atoms with Gasteiger partial charge in [-0.25, -0.2) is 4.79 Å². The molecule has 0 aliphatic rings. The predicted molar refractivity (Wildman–Crippen MR) is 92.6 cm³/mol. The first-order valence-corrected chi connectivity index (χ1v) is 7.68. The average Bonchev–Trinajstić information content (AvgIpc) is 3.09. The predicted octanol–water partition coefficient (Wildman–Crippen LogP) is 2.93. The molecule has 2 aromatic carbocycles. The third-order valence-corrected chi connectivity index (χ3v) is 3.97. The molecule has 1 aromatic heterocycles. The molecule has 0 fully saturated rings. The summed E-state index contributed by atoms with van der Waals surface area (Å²) in [5.41, 5.74) is 0.927. The van der Waals surface area contributed by atoms with E-state index < -0.39 is 17.9 Å². The fraction of sp³-hybridized carbons (Fsp3) is 0.105. The number of carboxylic acid groups (broad SMARTS) is 1. The second kappa shape index (κ2) is 6.60. The summed E-state index contributed by atoms with van der Waals surface area (Å²) in [7, 11) is 0. The number of hydrogen-bond acceptors (Lipinski definition) is 3. The smallest absolute Gasteiger partial charge is 0.330 e. The molecule has 3 N–H and O–H groups in total. The van der Waals surface area contributed by atoms with Crippen molar-refractivity contribution in [3.05, 3.63) is 71.5 Å². The first-order chi connectivity index (χ1) is 12.0. The second-order valence-electron chi connectivity index (χ2n) is 5.65. The Kier molecular flexibility index (Phi) is 4.35. The van der Waals surface area contributed by atoms with Gasteiger partial charge in [-0.15, -0.1) is 0 Å². The molecule has 0 bridgehead atoms. The van der Waals surface area contributed by atoms with Crippen LogP contribution in [0.5, 0.6) is 0 Å². The quantitative estimate of drug-likeness (QED) is 0.624. The van der Waals surface area contributed by atoms with E-state index in [0.29, 0.717) is 11.3 Å². The van der Waals surface area contributed by atoms with Gasteiger partial charge in [-0.1, -0.05) is 42.5 Å². The maximum absolute atomic E-state index is 12.4. The number of hydrogen-bond donors (Lipinski definition) is 3. The van der Waals surface area contributed by atoms with Crippen LogP contribution in [0.1, 0.15) is 39.5 Å². The number of Topliss-reactive ketones (excluding diaryl/α,β-unsaturated/α-hetero) is 1.